The van der Waals surface area contributed by atoms with E-state index in [4.69, 9.17) is 0 Å². The van der Waals surface area contributed by atoms with Crippen LogP contribution in [-0.4, -0.2) is 27.0 Å². The molecule has 21 heavy (non-hydrogen) atoms. The molecule has 2 N–H and O–H groups in total. The smallest absolute Gasteiger partial charge is 0.240 e. The Balaban J connectivity index is 1.89. The van der Waals surface area contributed by atoms with Crippen molar-refractivity contribution in [1.29, 1.82) is 0 Å². The minimum absolute atomic E-state index is 0.146. The molecule has 112 valence electrons. The third-order valence-electron chi connectivity index (χ3n) is 4.02. The first kappa shape index (κ1) is 14.3. The first-order chi connectivity index (χ1) is 9.92. The molecule has 0 saturated heterocycles. The molecule has 1 aliphatic rings. The second-order valence-electron chi connectivity index (χ2n) is 5.94. The van der Waals surface area contributed by atoms with Crippen molar-refractivity contribution in [3.8, 4) is 0 Å². The summed E-state index contributed by atoms with van der Waals surface area (Å²) in [5, 5.41) is 3.78. The van der Waals surface area contributed by atoms with E-state index < -0.39 is 10.0 Å². The van der Waals surface area contributed by atoms with Gasteiger partial charge in [-0.2, -0.15) is 0 Å². The summed E-state index contributed by atoms with van der Waals surface area (Å²) in [5.41, 5.74) is 0.919. The minimum Gasteiger partial charge on any atom is -0.373 e. The van der Waals surface area contributed by atoms with Gasteiger partial charge < -0.3 is 5.32 Å². The lowest BCUT2D eigenvalue weighted by atomic mass is 10.2. The van der Waals surface area contributed by atoms with Gasteiger partial charge in [0.25, 0.3) is 0 Å². The van der Waals surface area contributed by atoms with E-state index in [0.717, 1.165) is 29.6 Å². The second kappa shape index (κ2) is 4.96. The van der Waals surface area contributed by atoms with Gasteiger partial charge in [0.2, 0.25) is 10.0 Å². The zero-order chi connectivity index (χ0) is 15.1. The Bertz CT molecular complexity index is 783. The maximum Gasteiger partial charge on any atom is 0.240 e. The SMILES string of the molecule is CNc1ccc2cc(S(=O)(=O)NCC3(C)CC3)ccc2n1. The van der Waals surface area contributed by atoms with Crippen LogP contribution in [0.1, 0.15) is 19.8 Å². The molecule has 0 spiro atoms. The number of nitrogens with zero attached hydrogens (tertiary/aromatic N) is 1. The second-order valence-corrected chi connectivity index (χ2v) is 7.70. The van der Waals surface area contributed by atoms with E-state index in [9.17, 15) is 8.42 Å². The molecule has 1 heterocycles. The summed E-state index contributed by atoms with van der Waals surface area (Å²) in [5.74, 6) is 0.762. The van der Waals surface area contributed by atoms with Gasteiger partial charge in [-0.1, -0.05) is 6.92 Å². The van der Waals surface area contributed by atoms with Crippen molar-refractivity contribution in [2.75, 3.05) is 18.9 Å². The summed E-state index contributed by atoms with van der Waals surface area (Å²) in [6.45, 7) is 2.60. The summed E-state index contributed by atoms with van der Waals surface area (Å²) < 4.78 is 27.4. The highest BCUT2D eigenvalue weighted by Crippen LogP contribution is 2.44. The van der Waals surface area contributed by atoms with Crippen molar-refractivity contribution >= 4 is 26.7 Å². The number of nitrogens with one attached hydrogen (secondary N) is 2. The van der Waals surface area contributed by atoms with Crippen LogP contribution >= 0.6 is 0 Å². The van der Waals surface area contributed by atoms with E-state index in [1.807, 2.05) is 12.1 Å². The topological polar surface area (TPSA) is 71.1 Å². The summed E-state index contributed by atoms with van der Waals surface area (Å²) in [6.07, 6.45) is 2.17. The fraction of sp³-hybridized carbons (Fsp3) is 0.400. The summed E-state index contributed by atoms with van der Waals surface area (Å²) in [4.78, 5) is 4.68. The van der Waals surface area contributed by atoms with Crippen molar-refractivity contribution in [2.45, 2.75) is 24.7 Å². The first-order valence-corrected chi connectivity index (χ1v) is 8.48. The lowest BCUT2D eigenvalue weighted by Gasteiger charge is -2.11. The maximum absolute atomic E-state index is 12.3. The Morgan fingerprint density at radius 3 is 2.67 bits per heavy atom. The quantitative estimate of drug-likeness (QED) is 0.889. The van der Waals surface area contributed by atoms with Crippen molar-refractivity contribution in [3.05, 3.63) is 30.3 Å². The number of anilines is 1. The molecular formula is C15H19N3O2S. The van der Waals surface area contributed by atoms with Gasteiger partial charge in [-0.15, -0.1) is 0 Å². The van der Waals surface area contributed by atoms with E-state index in [-0.39, 0.29) is 5.41 Å². The molecule has 2 aromatic rings. The normalized spacial score (nSPS) is 16.9. The molecule has 1 fully saturated rings. The zero-order valence-electron chi connectivity index (χ0n) is 12.2. The van der Waals surface area contributed by atoms with Gasteiger partial charge in [0.15, 0.2) is 0 Å². The fourth-order valence-electron chi connectivity index (χ4n) is 2.15. The third kappa shape index (κ3) is 3.01. The van der Waals surface area contributed by atoms with Crippen LogP contribution in [0.5, 0.6) is 0 Å². The van der Waals surface area contributed by atoms with Crippen LogP contribution in [0.4, 0.5) is 5.82 Å². The molecule has 1 aromatic heterocycles. The number of hydrogen-bond acceptors (Lipinski definition) is 4. The van der Waals surface area contributed by atoms with Crippen molar-refractivity contribution in [3.63, 3.8) is 0 Å². The minimum atomic E-state index is -3.45. The summed E-state index contributed by atoms with van der Waals surface area (Å²) in [7, 11) is -1.65. The molecule has 0 atom stereocenters. The van der Waals surface area contributed by atoms with Gasteiger partial charge in [-0.25, -0.2) is 18.1 Å². The number of hydrogen-bond donors (Lipinski definition) is 2. The summed E-state index contributed by atoms with van der Waals surface area (Å²) in [6, 6.07) is 8.71. The van der Waals surface area contributed by atoms with Crippen LogP contribution in [0.15, 0.2) is 35.2 Å². The molecule has 0 radical (unpaired) electrons. The van der Waals surface area contributed by atoms with Crippen molar-refractivity contribution in [1.82, 2.24) is 9.71 Å². The largest absolute Gasteiger partial charge is 0.373 e. The maximum atomic E-state index is 12.3. The van der Waals surface area contributed by atoms with Gasteiger partial charge in [0, 0.05) is 19.0 Å². The number of pyridine rings is 1. The Morgan fingerprint density at radius 2 is 2.00 bits per heavy atom. The Labute approximate surface area is 124 Å². The molecular weight excluding hydrogens is 286 g/mol. The average Bonchev–Trinajstić information content (AvgIpc) is 3.22. The van der Waals surface area contributed by atoms with Crippen molar-refractivity contribution < 1.29 is 8.42 Å². The molecule has 0 aliphatic heterocycles. The number of fused-ring (bicyclic) bond motifs is 1. The molecule has 1 saturated carbocycles. The van der Waals surface area contributed by atoms with Crippen LogP contribution in [0, 0.1) is 5.41 Å². The molecule has 0 bridgehead atoms. The molecule has 0 amide bonds. The van der Waals surface area contributed by atoms with Gasteiger partial charge in [-0.3, -0.25) is 0 Å². The molecule has 0 unspecified atom stereocenters. The highest BCUT2D eigenvalue weighted by Gasteiger charge is 2.38. The highest BCUT2D eigenvalue weighted by molar-refractivity contribution is 7.89. The monoisotopic (exact) mass is 305 g/mol. The Kier molecular flexibility index (Phi) is 3.37. The predicted octanol–water partition coefficient (Wildman–Crippen LogP) is 2.35. The molecule has 1 aromatic carbocycles. The Morgan fingerprint density at radius 1 is 1.24 bits per heavy atom. The van der Waals surface area contributed by atoms with E-state index in [2.05, 4.69) is 21.9 Å². The van der Waals surface area contributed by atoms with Gasteiger partial charge in [0.05, 0.1) is 10.4 Å². The number of sulfonamides is 1. The van der Waals surface area contributed by atoms with E-state index >= 15 is 0 Å². The fourth-order valence-corrected chi connectivity index (χ4v) is 3.39. The molecule has 3 rings (SSSR count). The predicted molar refractivity (Wildman–Crippen MR) is 83.8 cm³/mol. The lowest BCUT2D eigenvalue weighted by Crippen LogP contribution is -2.29. The van der Waals surface area contributed by atoms with Crippen LogP contribution in [0.2, 0.25) is 0 Å². The zero-order valence-corrected chi connectivity index (χ0v) is 13.0. The lowest BCUT2D eigenvalue weighted by molar-refractivity contribution is 0.530. The third-order valence-corrected chi connectivity index (χ3v) is 5.42. The molecule has 1 aliphatic carbocycles. The Hall–Kier alpha value is -1.66. The van der Waals surface area contributed by atoms with Crippen molar-refractivity contribution in [2.24, 2.45) is 5.41 Å². The standard InChI is InChI=1S/C15H19N3O2S/c1-15(7-8-15)10-17-21(19,20)12-4-5-13-11(9-12)3-6-14(16-2)18-13/h3-6,9,17H,7-8,10H2,1-2H3,(H,16,18). The van der Waals surface area contributed by atoms with Crippen LogP contribution in [-0.2, 0) is 10.0 Å². The number of rotatable bonds is 5. The molecule has 6 heteroatoms. The van der Waals surface area contributed by atoms with Crippen LogP contribution in [0.25, 0.3) is 10.9 Å². The van der Waals surface area contributed by atoms with Gasteiger partial charge >= 0.3 is 0 Å². The van der Waals surface area contributed by atoms with Gasteiger partial charge in [-0.05, 0) is 48.6 Å². The van der Waals surface area contributed by atoms with Crippen LogP contribution in [0.3, 0.4) is 0 Å². The number of benzene rings is 1. The van der Waals surface area contributed by atoms with E-state index in [1.54, 1.807) is 25.2 Å². The highest BCUT2D eigenvalue weighted by atomic mass is 32.2. The average molecular weight is 305 g/mol. The van der Waals surface area contributed by atoms with E-state index in [1.165, 1.54) is 0 Å². The number of aromatic nitrogens is 1. The summed E-state index contributed by atoms with van der Waals surface area (Å²) >= 11 is 0. The first-order valence-electron chi connectivity index (χ1n) is 7.00. The van der Waals surface area contributed by atoms with E-state index in [0.29, 0.717) is 11.4 Å². The van der Waals surface area contributed by atoms with Crippen LogP contribution < -0.4 is 10.0 Å². The van der Waals surface area contributed by atoms with Gasteiger partial charge in [0.1, 0.15) is 5.82 Å². The molecule has 5 nitrogen and oxygen atoms in total.